The Kier molecular flexibility index (Phi) is 5.08. The smallest absolute Gasteiger partial charge is 0.315 e. The van der Waals surface area contributed by atoms with Crippen LogP contribution in [0.5, 0.6) is 5.75 Å². The number of para-hydroxylation sites is 1. The molecule has 1 unspecified atom stereocenters. The summed E-state index contributed by atoms with van der Waals surface area (Å²) in [4.78, 5) is 12.1. The fraction of sp³-hybridized carbons (Fsp3) is 0.421. The Balaban J connectivity index is 1.44. The van der Waals surface area contributed by atoms with Gasteiger partial charge >= 0.3 is 6.03 Å². The molecule has 128 valence electrons. The lowest BCUT2D eigenvalue weighted by Gasteiger charge is -2.23. The highest BCUT2D eigenvalue weighted by atomic mass is 16.5. The van der Waals surface area contributed by atoms with Crippen molar-refractivity contribution >= 4 is 6.03 Å². The van der Waals surface area contributed by atoms with Crippen molar-refractivity contribution in [2.24, 2.45) is 0 Å². The van der Waals surface area contributed by atoms with Gasteiger partial charge in [0.2, 0.25) is 0 Å². The van der Waals surface area contributed by atoms with Crippen molar-refractivity contribution in [3.8, 4) is 5.75 Å². The van der Waals surface area contributed by atoms with Crippen molar-refractivity contribution in [2.45, 2.75) is 39.2 Å². The molecular weight excluding hydrogens is 304 g/mol. The monoisotopic (exact) mass is 328 g/mol. The maximum Gasteiger partial charge on any atom is 0.315 e. The fourth-order valence-corrected chi connectivity index (χ4v) is 3.19. The van der Waals surface area contributed by atoms with Crippen LogP contribution in [0.4, 0.5) is 4.79 Å². The van der Waals surface area contributed by atoms with Gasteiger partial charge in [-0.05, 0) is 43.9 Å². The normalized spacial score (nSPS) is 16.3. The number of rotatable bonds is 5. The summed E-state index contributed by atoms with van der Waals surface area (Å²) in [6, 6.07) is 7.87. The Morgan fingerprint density at radius 1 is 1.29 bits per heavy atom. The summed E-state index contributed by atoms with van der Waals surface area (Å²) in [5.41, 5.74) is 3.31. The first-order chi connectivity index (χ1) is 11.6. The molecule has 1 atom stereocenters. The highest BCUT2D eigenvalue weighted by Gasteiger charge is 2.23. The van der Waals surface area contributed by atoms with E-state index in [1.54, 1.807) is 6.26 Å². The second-order valence-electron chi connectivity index (χ2n) is 6.21. The molecule has 24 heavy (non-hydrogen) atoms. The molecule has 0 fully saturated rings. The Labute approximate surface area is 142 Å². The molecule has 3 rings (SSSR count). The molecule has 5 heteroatoms. The molecule has 5 nitrogen and oxygen atoms in total. The van der Waals surface area contributed by atoms with E-state index >= 15 is 0 Å². The third kappa shape index (κ3) is 3.72. The second-order valence-corrected chi connectivity index (χ2v) is 6.21. The summed E-state index contributed by atoms with van der Waals surface area (Å²) in [6.45, 7) is 4.95. The highest BCUT2D eigenvalue weighted by molar-refractivity contribution is 5.74. The standard InChI is InChI=1S/C19H24N2O3/c1-13-5-3-6-14(2)18(13)24-12-10-20-19(22)21-16-7-4-8-17-15(16)9-11-23-17/h3,5-6,9,11,16H,4,7-8,10,12H2,1-2H3,(H2,20,21,22). The number of furan rings is 1. The third-order valence-corrected chi connectivity index (χ3v) is 4.40. The van der Waals surface area contributed by atoms with E-state index in [0.29, 0.717) is 13.2 Å². The molecule has 2 N–H and O–H groups in total. The van der Waals surface area contributed by atoms with Crippen molar-refractivity contribution in [3.05, 3.63) is 53.0 Å². The molecule has 0 aliphatic heterocycles. The van der Waals surface area contributed by atoms with Crippen LogP contribution >= 0.6 is 0 Å². The molecule has 2 amide bonds. The Morgan fingerprint density at radius 3 is 2.88 bits per heavy atom. The number of amides is 2. The van der Waals surface area contributed by atoms with Crippen LogP contribution in [0.3, 0.4) is 0 Å². The molecule has 2 aromatic rings. The topological polar surface area (TPSA) is 63.5 Å². The molecule has 1 aromatic carbocycles. The summed E-state index contributed by atoms with van der Waals surface area (Å²) in [5.74, 6) is 1.89. The van der Waals surface area contributed by atoms with Crippen LogP contribution in [0.1, 0.15) is 41.3 Å². The van der Waals surface area contributed by atoms with E-state index in [1.165, 1.54) is 0 Å². The van der Waals surface area contributed by atoms with Crippen molar-refractivity contribution < 1.29 is 13.9 Å². The van der Waals surface area contributed by atoms with Gasteiger partial charge < -0.3 is 19.8 Å². The van der Waals surface area contributed by atoms with Crippen LogP contribution < -0.4 is 15.4 Å². The minimum atomic E-state index is -0.167. The molecular formula is C19H24N2O3. The molecule has 1 aromatic heterocycles. The van der Waals surface area contributed by atoms with Crippen molar-refractivity contribution in [1.29, 1.82) is 0 Å². The first-order valence-electron chi connectivity index (χ1n) is 8.45. The summed E-state index contributed by atoms with van der Waals surface area (Å²) in [7, 11) is 0. The largest absolute Gasteiger partial charge is 0.491 e. The SMILES string of the molecule is Cc1cccc(C)c1OCCNC(=O)NC1CCCc2occc21. The minimum absolute atomic E-state index is 0.0343. The van der Waals surface area contributed by atoms with Gasteiger partial charge in [-0.25, -0.2) is 4.79 Å². The fourth-order valence-electron chi connectivity index (χ4n) is 3.19. The van der Waals surface area contributed by atoms with E-state index in [2.05, 4.69) is 10.6 Å². The average Bonchev–Trinajstić information content (AvgIpc) is 3.03. The summed E-state index contributed by atoms with van der Waals surface area (Å²) >= 11 is 0. The number of aryl methyl sites for hydroxylation is 3. The molecule has 1 aliphatic rings. The van der Waals surface area contributed by atoms with Crippen LogP contribution in [0.2, 0.25) is 0 Å². The first-order valence-corrected chi connectivity index (χ1v) is 8.45. The molecule has 0 saturated heterocycles. The van der Waals surface area contributed by atoms with Crippen LogP contribution in [0.15, 0.2) is 34.9 Å². The second kappa shape index (κ2) is 7.43. The lowest BCUT2D eigenvalue weighted by atomic mass is 9.93. The van der Waals surface area contributed by atoms with Gasteiger partial charge in [0.25, 0.3) is 0 Å². The predicted octanol–water partition coefficient (Wildman–Crippen LogP) is 3.65. The molecule has 0 spiro atoms. The van der Waals surface area contributed by atoms with E-state index in [9.17, 15) is 4.79 Å². The zero-order valence-electron chi connectivity index (χ0n) is 14.2. The van der Waals surface area contributed by atoms with Crippen LogP contribution in [0.25, 0.3) is 0 Å². The third-order valence-electron chi connectivity index (χ3n) is 4.40. The van der Waals surface area contributed by atoms with E-state index in [0.717, 1.165) is 47.5 Å². The van der Waals surface area contributed by atoms with Crippen molar-refractivity contribution in [3.63, 3.8) is 0 Å². The zero-order chi connectivity index (χ0) is 16.9. The molecule has 1 aliphatic carbocycles. The van der Waals surface area contributed by atoms with Gasteiger partial charge in [-0.3, -0.25) is 0 Å². The quantitative estimate of drug-likeness (QED) is 0.824. The number of nitrogens with one attached hydrogen (secondary N) is 2. The number of hydrogen-bond acceptors (Lipinski definition) is 3. The molecule has 0 bridgehead atoms. The summed E-state index contributed by atoms with van der Waals surface area (Å²) in [6.07, 6.45) is 4.62. The van der Waals surface area contributed by atoms with Gasteiger partial charge in [0.15, 0.2) is 0 Å². The molecule has 0 radical (unpaired) electrons. The summed E-state index contributed by atoms with van der Waals surface area (Å²) in [5, 5.41) is 5.87. The van der Waals surface area contributed by atoms with Gasteiger partial charge in [-0.1, -0.05) is 18.2 Å². The van der Waals surface area contributed by atoms with Crippen molar-refractivity contribution in [2.75, 3.05) is 13.2 Å². The lowest BCUT2D eigenvalue weighted by Crippen LogP contribution is -2.40. The van der Waals surface area contributed by atoms with Crippen LogP contribution in [-0.4, -0.2) is 19.2 Å². The number of fused-ring (bicyclic) bond motifs is 1. The van der Waals surface area contributed by atoms with E-state index in [-0.39, 0.29) is 12.1 Å². The van der Waals surface area contributed by atoms with Crippen LogP contribution in [-0.2, 0) is 6.42 Å². The Bertz CT molecular complexity index is 688. The maximum absolute atomic E-state index is 12.1. The average molecular weight is 328 g/mol. The molecule has 1 heterocycles. The number of hydrogen-bond donors (Lipinski definition) is 2. The van der Waals surface area contributed by atoms with Gasteiger partial charge in [0.05, 0.1) is 18.8 Å². The molecule has 0 saturated carbocycles. The first kappa shape index (κ1) is 16.4. The zero-order valence-corrected chi connectivity index (χ0v) is 14.2. The van der Waals surface area contributed by atoms with E-state index < -0.39 is 0 Å². The Morgan fingerprint density at radius 2 is 2.08 bits per heavy atom. The van der Waals surface area contributed by atoms with Gasteiger partial charge in [0.1, 0.15) is 18.1 Å². The van der Waals surface area contributed by atoms with Gasteiger partial charge in [-0.15, -0.1) is 0 Å². The maximum atomic E-state index is 12.1. The predicted molar refractivity (Wildman–Crippen MR) is 92.3 cm³/mol. The number of carbonyl (C=O) groups excluding carboxylic acids is 1. The lowest BCUT2D eigenvalue weighted by molar-refractivity contribution is 0.231. The van der Waals surface area contributed by atoms with Crippen LogP contribution in [0, 0.1) is 13.8 Å². The van der Waals surface area contributed by atoms with Gasteiger partial charge in [-0.2, -0.15) is 0 Å². The van der Waals surface area contributed by atoms with Crippen molar-refractivity contribution in [1.82, 2.24) is 10.6 Å². The number of urea groups is 1. The van der Waals surface area contributed by atoms with Gasteiger partial charge in [0, 0.05) is 12.0 Å². The van der Waals surface area contributed by atoms with E-state index in [4.69, 9.17) is 9.15 Å². The minimum Gasteiger partial charge on any atom is -0.491 e. The highest BCUT2D eigenvalue weighted by Crippen LogP contribution is 2.30. The number of ether oxygens (including phenoxy) is 1. The number of carbonyl (C=O) groups is 1. The Hall–Kier alpha value is -2.43. The van der Waals surface area contributed by atoms with E-state index in [1.807, 2.05) is 38.1 Å². The number of benzene rings is 1. The summed E-state index contributed by atoms with van der Waals surface area (Å²) < 4.78 is 11.2.